The van der Waals surface area contributed by atoms with Crippen molar-refractivity contribution >= 4 is 17.9 Å². The topological polar surface area (TPSA) is 78.9 Å². The van der Waals surface area contributed by atoms with Crippen LogP contribution in [0.3, 0.4) is 0 Å². The highest BCUT2D eigenvalue weighted by Gasteiger charge is 2.19. The van der Waals surface area contributed by atoms with E-state index in [1.807, 2.05) is 0 Å². The smallest absolute Gasteiger partial charge is 0.306 e. The van der Waals surface area contributed by atoms with Crippen LogP contribution < -0.4 is 0 Å². The highest BCUT2D eigenvalue weighted by Crippen LogP contribution is 2.17. The Labute approximate surface area is 418 Å². The van der Waals surface area contributed by atoms with E-state index < -0.39 is 6.10 Å². The monoisotopic (exact) mass is 945 g/mol. The average molecular weight is 946 g/mol. The summed E-state index contributed by atoms with van der Waals surface area (Å²) in [6.07, 6.45) is 64.9. The molecule has 0 spiro atoms. The van der Waals surface area contributed by atoms with Crippen molar-refractivity contribution in [2.45, 2.75) is 348 Å². The molecule has 0 rings (SSSR count). The molecule has 0 aliphatic heterocycles. The second-order valence-electron chi connectivity index (χ2n) is 20.6. The summed E-state index contributed by atoms with van der Waals surface area (Å²) in [5.74, 6) is -0.839. The first kappa shape index (κ1) is 65.1. The van der Waals surface area contributed by atoms with Gasteiger partial charge in [-0.05, 0) is 44.9 Å². The van der Waals surface area contributed by atoms with Gasteiger partial charge in [-0.25, -0.2) is 0 Å². The Morgan fingerprint density at radius 3 is 0.746 bits per heavy atom. The highest BCUT2D eigenvalue weighted by molar-refractivity contribution is 5.71. The van der Waals surface area contributed by atoms with Crippen molar-refractivity contribution in [1.29, 1.82) is 0 Å². The van der Waals surface area contributed by atoms with Gasteiger partial charge in [0.15, 0.2) is 6.10 Å². The molecular weight excluding hydrogens is 829 g/mol. The third-order valence-electron chi connectivity index (χ3n) is 13.8. The lowest BCUT2D eigenvalue weighted by Gasteiger charge is -2.18. The fourth-order valence-electron chi connectivity index (χ4n) is 9.21. The van der Waals surface area contributed by atoms with E-state index >= 15 is 0 Å². The number of hydrogen-bond donors (Lipinski definition) is 0. The Balaban J connectivity index is 4.29. The summed E-state index contributed by atoms with van der Waals surface area (Å²) in [7, 11) is 0. The fraction of sp³-hybridized carbons (Fsp3) is 0.918. The summed E-state index contributed by atoms with van der Waals surface area (Å²) < 4.78 is 16.9. The van der Waals surface area contributed by atoms with E-state index in [9.17, 15) is 14.4 Å². The first-order valence-corrected chi connectivity index (χ1v) is 30.2. The minimum absolute atomic E-state index is 0.0641. The maximum absolute atomic E-state index is 12.9. The first-order valence-electron chi connectivity index (χ1n) is 30.2. The van der Waals surface area contributed by atoms with Gasteiger partial charge in [0.1, 0.15) is 13.2 Å². The molecule has 6 nitrogen and oxygen atoms in total. The lowest BCUT2D eigenvalue weighted by Crippen LogP contribution is -2.30. The van der Waals surface area contributed by atoms with E-state index in [-0.39, 0.29) is 31.1 Å². The second-order valence-corrected chi connectivity index (χ2v) is 20.6. The summed E-state index contributed by atoms with van der Waals surface area (Å²) in [5.41, 5.74) is 0. The van der Waals surface area contributed by atoms with Crippen molar-refractivity contribution in [2.75, 3.05) is 13.2 Å². The predicted molar refractivity (Wildman–Crippen MR) is 289 cm³/mol. The Kier molecular flexibility index (Phi) is 55.2. The molecule has 0 radical (unpaired) electrons. The number of rotatable bonds is 56. The maximum atomic E-state index is 12.9. The summed E-state index contributed by atoms with van der Waals surface area (Å²) in [4.78, 5) is 38.2. The maximum Gasteiger partial charge on any atom is 0.306 e. The van der Waals surface area contributed by atoms with Crippen molar-refractivity contribution in [2.24, 2.45) is 0 Å². The molecule has 0 aliphatic carbocycles. The standard InChI is InChI=1S/C61H116O6/c1-4-7-10-13-16-19-22-25-28-29-30-31-34-36-39-42-45-48-51-54-60(63)66-57-58(67-61(64)55-52-49-46-43-40-37-33-27-24-21-18-15-12-9-6-3)56-65-59(62)53-50-47-44-41-38-35-32-26-23-20-17-14-11-8-5-2/h25,28,58H,4-24,26-27,29-57H2,1-3H3/b28-25-/t58-/m0/s1. The number of hydrogen-bond acceptors (Lipinski definition) is 6. The van der Waals surface area contributed by atoms with E-state index in [4.69, 9.17) is 14.2 Å². The van der Waals surface area contributed by atoms with Crippen molar-refractivity contribution in [3.8, 4) is 0 Å². The van der Waals surface area contributed by atoms with Gasteiger partial charge in [-0.2, -0.15) is 0 Å². The molecule has 396 valence electrons. The van der Waals surface area contributed by atoms with Crippen LogP contribution in [-0.4, -0.2) is 37.2 Å². The number of carbonyl (C=O) groups excluding carboxylic acids is 3. The van der Waals surface area contributed by atoms with E-state index in [2.05, 4.69) is 32.9 Å². The zero-order valence-corrected chi connectivity index (χ0v) is 45.5. The van der Waals surface area contributed by atoms with Crippen molar-refractivity contribution in [1.82, 2.24) is 0 Å². The minimum atomic E-state index is -0.765. The first-order chi connectivity index (χ1) is 33.0. The number of carbonyl (C=O) groups is 3. The molecule has 0 aromatic carbocycles. The molecule has 6 heteroatoms. The minimum Gasteiger partial charge on any atom is -0.462 e. The number of allylic oxidation sites excluding steroid dienone is 2. The molecule has 0 heterocycles. The fourth-order valence-corrected chi connectivity index (χ4v) is 9.21. The Morgan fingerprint density at radius 2 is 0.493 bits per heavy atom. The third kappa shape index (κ3) is 55.0. The Hall–Kier alpha value is -1.85. The largest absolute Gasteiger partial charge is 0.462 e. The Morgan fingerprint density at radius 1 is 0.284 bits per heavy atom. The van der Waals surface area contributed by atoms with Gasteiger partial charge in [-0.3, -0.25) is 14.4 Å². The van der Waals surface area contributed by atoms with E-state index in [1.54, 1.807) is 0 Å². The summed E-state index contributed by atoms with van der Waals surface area (Å²) in [5, 5.41) is 0. The molecule has 0 fully saturated rings. The van der Waals surface area contributed by atoms with Crippen LogP contribution in [0.5, 0.6) is 0 Å². The second kappa shape index (κ2) is 56.7. The van der Waals surface area contributed by atoms with Crippen LogP contribution in [0, 0.1) is 0 Å². The lowest BCUT2D eigenvalue weighted by molar-refractivity contribution is -0.167. The van der Waals surface area contributed by atoms with Crippen LogP contribution >= 0.6 is 0 Å². The Bertz CT molecular complexity index is 1040. The van der Waals surface area contributed by atoms with Gasteiger partial charge < -0.3 is 14.2 Å². The van der Waals surface area contributed by atoms with Crippen molar-refractivity contribution in [3.63, 3.8) is 0 Å². The van der Waals surface area contributed by atoms with Crippen molar-refractivity contribution < 1.29 is 28.6 Å². The number of ether oxygens (including phenoxy) is 3. The molecule has 0 N–H and O–H groups in total. The molecule has 67 heavy (non-hydrogen) atoms. The summed E-state index contributed by atoms with van der Waals surface area (Å²) >= 11 is 0. The van der Waals surface area contributed by atoms with Gasteiger partial charge in [0.25, 0.3) is 0 Å². The van der Waals surface area contributed by atoms with Gasteiger partial charge in [0.2, 0.25) is 0 Å². The molecule has 0 amide bonds. The lowest BCUT2D eigenvalue weighted by atomic mass is 10.0. The van der Waals surface area contributed by atoms with Gasteiger partial charge in [0, 0.05) is 19.3 Å². The zero-order chi connectivity index (χ0) is 48.6. The highest BCUT2D eigenvalue weighted by atomic mass is 16.6. The van der Waals surface area contributed by atoms with Crippen LogP contribution in [0.2, 0.25) is 0 Å². The molecule has 0 aromatic rings. The van der Waals surface area contributed by atoms with Crippen LogP contribution in [0.1, 0.15) is 342 Å². The average Bonchev–Trinajstić information content (AvgIpc) is 3.33. The molecule has 0 aliphatic rings. The number of esters is 3. The SMILES string of the molecule is CCCCCCCC/C=C\CCCCCCCCCCCC(=O)OC[C@H](COC(=O)CCCCCCCCCCCCCCCCC)OC(=O)CCCCCCCCCCCCCCCCC. The number of unbranched alkanes of at least 4 members (excludes halogenated alkanes) is 43. The van der Waals surface area contributed by atoms with E-state index in [0.29, 0.717) is 19.3 Å². The zero-order valence-electron chi connectivity index (χ0n) is 45.5. The van der Waals surface area contributed by atoms with Gasteiger partial charge in [-0.1, -0.05) is 290 Å². The van der Waals surface area contributed by atoms with Crippen LogP contribution in [0.15, 0.2) is 12.2 Å². The molecule has 1 atom stereocenters. The van der Waals surface area contributed by atoms with E-state index in [1.165, 1.54) is 244 Å². The summed E-state index contributed by atoms with van der Waals surface area (Å²) in [6.45, 7) is 6.70. The summed E-state index contributed by atoms with van der Waals surface area (Å²) in [6, 6.07) is 0. The normalized spacial score (nSPS) is 12.0. The molecule has 0 saturated carbocycles. The van der Waals surface area contributed by atoms with Gasteiger partial charge in [0.05, 0.1) is 0 Å². The molecule has 0 unspecified atom stereocenters. The van der Waals surface area contributed by atoms with Crippen LogP contribution in [-0.2, 0) is 28.6 Å². The quantitative estimate of drug-likeness (QED) is 0.0262. The van der Waals surface area contributed by atoms with Crippen molar-refractivity contribution in [3.05, 3.63) is 12.2 Å². The predicted octanol–water partition coefficient (Wildman–Crippen LogP) is 20.1. The third-order valence-corrected chi connectivity index (χ3v) is 13.8. The van der Waals surface area contributed by atoms with Gasteiger partial charge in [-0.15, -0.1) is 0 Å². The molecular formula is C61H116O6. The molecule has 0 saturated heterocycles. The van der Waals surface area contributed by atoms with E-state index in [0.717, 1.165) is 57.8 Å². The van der Waals surface area contributed by atoms with Crippen LogP contribution in [0.25, 0.3) is 0 Å². The molecule has 0 aromatic heterocycles. The molecule has 0 bridgehead atoms. The van der Waals surface area contributed by atoms with Gasteiger partial charge >= 0.3 is 17.9 Å². The van der Waals surface area contributed by atoms with Crippen LogP contribution in [0.4, 0.5) is 0 Å².